The first-order chi connectivity index (χ1) is 6.65. The Hall–Kier alpha value is -1.62. The molecule has 14 heavy (non-hydrogen) atoms. The quantitative estimate of drug-likeness (QED) is 0.486. The summed E-state index contributed by atoms with van der Waals surface area (Å²) >= 11 is 0. The van der Waals surface area contributed by atoms with E-state index in [1.165, 1.54) is 12.1 Å². The van der Waals surface area contributed by atoms with E-state index >= 15 is 0 Å². The number of nitrogen functional groups attached to an aromatic ring is 1. The predicted octanol–water partition coefficient (Wildman–Crippen LogP) is 0.481. The normalized spacial score (nSPS) is 9.86. The molecular weight excluding hydrogens is 187 g/mol. The average molecular weight is 198 g/mol. The van der Waals surface area contributed by atoms with Gasteiger partial charge in [0.05, 0.1) is 6.61 Å². The van der Waals surface area contributed by atoms with E-state index in [1.807, 2.05) is 0 Å². The fraction of sp³-hybridized carbons (Fsp3) is 0.222. The lowest BCUT2D eigenvalue weighted by Crippen LogP contribution is -2.11. The molecule has 0 aromatic heterocycles. The molecule has 5 heteroatoms. The number of rotatable bonds is 4. The Morgan fingerprint density at radius 3 is 2.79 bits per heavy atom. The van der Waals surface area contributed by atoms with Crippen LogP contribution in [0.1, 0.15) is 5.56 Å². The maximum atomic E-state index is 13.2. The second kappa shape index (κ2) is 4.57. The van der Waals surface area contributed by atoms with Crippen LogP contribution in [0, 0.1) is 11.2 Å². The van der Waals surface area contributed by atoms with Crippen molar-refractivity contribution in [2.45, 2.75) is 0 Å². The zero-order valence-electron chi connectivity index (χ0n) is 7.46. The molecule has 1 aromatic rings. The molecule has 0 aliphatic rings. The van der Waals surface area contributed by atoms with E-state index in [1.54, 1.807) is 0 Å². The number of aliphatic hydroxyl groups is 1. The fourth-order valence-corrected chi connectivity index (χ4v) is 0.941. The Kier molecular flexibility index (Phi) is 3.41. The Balaban J connectivity index is 2.84. The number of hydrogen-bond donors (Lipinski definition) is 3. The second-order valence-corrected chi connectivity index (χ2v) is 2.63. The van der Waals surface area contributed by atoms with Gasteiger partial charge in [-0.3, -0.25) is 5.41 Å². The van der Waals surface area contributed by atoms with E-state index in [-0.39, 0.29) is 24.8 Å². The summed E-state index contributed by atoms with van der Waals surface area (Å²) in [7, 11) is 0. The molecule has 0 aliphatic carbocycles. The van der Waals surface area contributed by atoms with Gasteiger partial charge in [0.25, 0.3) is 0 Å². The maximum absolute atomic E-state index is 13.2. The summed E-state index contributed by atoms with van der Waals surface area (Å²) in [4.78, 5) is 0. The highest BCUT2D eigenvalue weighted by atomic mass is 19.1. The lowest BCUT2D eigenvalue weighted by molar-refractivity contribution is 0.196. The van der Waals surface area contributed by atoms with E-state index in [0.717, 1.165) is 6.07 Å². The summed E-state index contributed by atoms with van der Waals surface area (Å²) < 4.78 is 18.1. The smallest absolute Gasteiger partial charge is 0.165 e. The summed E-state index contributed by atoms with van der Waals surface area (Å²) in [6.07, 6.45) is 0. The first kappa shape index (κ1) is 10.5. The number of nitrogens with two attached hydrogens (primary N) is 1. The summed E-state index contributed by atoms with van der Waals surface area (Å²) in [6, 6.07) is 3.98. The molecule has 0 aliphatic heterocycles. The van der Waals surface area contributed by atoms with Gasteiger partial charge in [0.15, 0.2) is 11.6 Å². The van der Waals surface area contributed by atoms with Crippen molar-refractivity contribution in [2.75, 3.05) is 13.2 Å². The largest absolute Gasteiger partial charge is 0.488 e. The van der Waals surface area contributed by atoms with Crippen molar-refractivity contribution in [3.63, 3.8) is 0 Å². The molecule has 0 unspecified atom stereocenters. The van der Waals surface area contributed by atoms with Crippen molar-refractivity contribution < 1.29 is 14.2 Å². The number of halogens is 1. The maximum Gasteiger partial charge on any atom is 0.165 e. The standard InChI is InChI=1S/C9H11FN2O2/c10-7-5-6(9(11)12)1-2-8(7)14-4-3-13/h1-2,5,13H,3-4H2,(H3,11,12). The molecule has 1 rings (SSSR count). The molecule has 4 nitrogen and oxygen atoms in total. The molecule has 0 saturated heterocycles. The number of hydrogen-bond acceptors (Lipinski definition) is 3. The van der Waals surface area contributed by atoms with Gasteiger partial charge in [-0.05, 0) is 18.2 Å². The van der Waals surface area contributed by atoms with Crippen LogP contribution < -0.4 is 10.5 Å². The van der Waals surface area contributed by atoms with Gasteiger partial charge in [0, 0.05) is 5.56 Å². The first-order valence-electron chi connectivity index (χ1n) is 4.02. The number of ether oxygens (including phenoxy) is 1. The molecule has 0 amide bonds. The second-order valence-electron chi connectivity index (χ2n) is 2.63. The van der Waals surface area contributed by atoms with Crippen molar-refractivity contribution >= 4 is 5.84 Å². The van der Waals surface area contributed by atoms with Crippen molar-refractivity contribution in [1.29, 1.82) is 5.41 Å². The van der Waals surface area contributed by atoms with Crippen LogP contribution in [0.4, 0.5) is 4.39 Å². The molecule has 4 N–H and O–H groups in total. The molecule has 0 atom stereocenters. The van der Waals surface area contributed by atoms with E-state index in [2.05, 4.69) is 0 Å². The number of nitrogens with one attached hydrogen (secondary N) is 1. The van der Waals surface area contributed by atoms with E-state index < -0.39 is 5.82 Å². The predicted molar refractivity (Wildman–Crippen MR) is 50.0 cm³/mol. The van der Waals surface area contributed by atoms with Gasteiger partial charge in [-0.25, -0.2) is 4.39 Å². The molecule has 0 saturated carbocycles. The molecule has 0 fully saturated rings. The first-order valence-corrected chi connectivity index (χ1v) is 4.02. The molecule has 0 radical (unpaired) electrons. The van der Waals surface area contributed by atoms with Crippen molar-refractivity contribution in [3.8, 4) is 5.75 Å². The summed E-state index contributed by atoms with van der Waals surface area (Å²) in [5.41, 5.74) is 5.47. The van der Waals surface area contributed by atoms with Crippen LogP contribution in [0.15, 0.2) is 18.2 Å². The van der Waals surface area contributed by atoms with Crippen LogP contribution in [0.3, 0.4) is 0 Å². The van der Waals surface area contributed by atoms with Gasteiger partial charge >= 0.3 is 0 Å². The molecule has 0 heterocycles. The van der Waals surface area contributed by atoms with Crippen molar-refractivity contribution in [3.05, 3.63) is 29.6 Å². The summed E-state index contributed by atoms with van der Waals surface area (Å²) in [6.45, 7) is -0.135. The van der Waals surface area contributed by atoms with Crippen LogP contribution in [-0.4, -0.2) is 24.2 Å². The topological polar surface area (TPSA) is 79.3 Å². The molecular formula is C9H11FN2O2. The highest BCUT2D eigenvalue weighted by Gasteiger charge is 2.05. The van der Waals surface area contributed by atoms with Gasteiger partial charge in [-0.2, -0.15) is 0 Å². The lowest BCUT2D eigenvalue weighted by Gasteiger charge is -2.06. The molecule has 0 spiro atoms. The minimum absolute atomic E-state index is 0.0380. The van der Waals surface area contributed by atoms with Gasteiger partial charge < -0.3 is 15.6 Å². The Morgan fingerprint density at radius 1 is 1.57 bits per heavy atom. The minimum atomic E-state index is -0.592. The van der Waals surface area contributed by atoms with Crippen LogP contribution in [0.25, 0.3) is 0 Å². The van der Waals surface area contributed by atoms with Crippen molar-refractivity contribution in [1.82, 2.24) is 0 Å². The van der Waals surface area contributed by atoms with Gasteiger partial charge in [0.1, 0.15) is 12.4 Å². The number of benzene rings is 1. The van der Waals surface area contributed by atoms with Crippen molar-refractivity contribution in [2.24, 2.45) is 5.73 Å². The zero-order chi connectivity index (χ0) is 10.6. The Morgan fingerprint density at radius 2 is 2.29 bits per heavy atom. The van der Waals surface area contributed by atoms with E-state index in [0.29, 0.717) is 5.56 Å². The Labute approximate surface area is 80.6 Å². The highest BCUT2D eigenvalue weighted by Crippen LogP contribution is 2.17. The fourth-order valence-electron chi connectivity index (χ4n) is 0.941. The summed E-state index contributed by atoms with van der Waals surface area (Å²) in [5.74, 6) is -0.743. The number of aliphatic hydroxyl groups excluding tert-OH is 1. The van der Waals surface area contributed by atoms with Crippen LogP contribution >= 0.6 is 0 Å². The van der Waals surface area contributed by atoms with Gasteiger partial charge in [0.2, 0.25) is 0 Å². The molecule has 76 valence electrons. The third-order valence-corrected chi connectivity index (χ3v) is 1.59. The molecule has 1 aromatic carbocycles. The van der Waals surface area contributed by atoms with Crippen LogP contribution in [0.5, 0.6) is 5.75 Å². The van der Waals surface area contributed by atoms with Gasteiger partial charge in [-0.1, -0.05) is 0 Å². The SMILES string of the molecule is N=C(N)c1ccc(OCCO)c(F)c1. The van der Waals surface area contributed by atoms with Crippen LogP contribution in [-0.2, 0) is 0 Å². The monoisotopic (exact) mass is 198 g/mol. The van der Waals surface area contributed by atoms with Crippen LogP contribution in [0.2, 0.25) is 0 Å². The summed E-state index contributed by atoms with van der Waals surface area (Å²) in [5, 5.41) is 15.5. The lowest BCUT2D eigenvalue weighted by atomic mass is 10.2. The Bertz CT molecular complexity index is 342. The van der Waals surface area contributed by atoms with Gasteiger partial charge in [-0.15, -0.1) is 0 Å². The minimum Gasteiger partial charge on any atom is -0.488 e. The van der Waals surface area contributed by atoms with E-state index in [4.69, 9.17) is 21.0 Å². The average Bonchev–Trinajstić information content (AvgIpc) is 2.15. The third kappa shape index (κ3) is 2.43. The third-order valence-electron chi connectivity index (χ3n) is 1.59. The molecule has 0 bridgehead atoms. The van der Waals surface area contributed by atoms with E-state index in [9.17, 15) is 4.39 Å². The number of amidine groups is 1. The highest BCUT2D eigenvalue weighted by molar-refractivity contribution is 5.95. The zero-order valence-corrected chi connectivity index (χ0v) is 7.46.